The van der Waals surface area contributed by atoms with Crippen molar-refractivity contribution < 1.29 is 24.2 Å². The fourth-order valence-electron chi connectivity index (χ4n) is 2.78. The lowest BCUT2D eigenvalue weighted by Gasteiger charge is -2.29. The summed E-state index contributed by atoms with van der Waals surface area (Å²) in [6.07, 6.45) is 4.14. The Balaban J connectivity index is 1.79. The van der Waals surface area contributed by atoms with Crippen molar-refractivity contribution in [1.29, 1.82) is 0 Å². The molecule has 1 aromatic rings. The second-order valence-electron chi connectivity index (χ2n) is 6.13. The molecule has 8 heteroatoms. The minimum absolute atomic E-state index is 0.0442. The highest BCUT2D eigenvalue weighted by Gasteiger charge is 2.23. The van der Waals surface area contributed by atoms with Crippen molar-refractivity contribution in [2.45, 2.75) is 38.6 Å². The van der Waals surface area contributed by atoms with Gasteiger partial charge in [-0.05, 0) is 37.0 Å². The number of halogens is 1. The lowest BCUT2D eigenvalue weighted by molar-refractivity contribution is -0.123. The monoisotopic (exact) mass is 412 g/mol. The van der Waals surface area contributed by atoms with Gasteiger partial charge < -0.3 is 15.2 Å². The zero-order valence-corrected chi connectivity index (χ0v) is 15.5. The van der Waals surface area contributed by atoms with Gasteiger partial charge in [0.2, 0.25) is 0 Å². The van der Waals surface area contributed by atoms with Crippen molar-refractivity contribution in [2.75, 3.05) is 6.61 Å². The first-order valence-electron chi connectivity index (χ1n) is 8.13. The van der Waals surface area contributed by atoms with Crippen LogP contribution in [0.4, 0.5) is 4.79 Å². The number of aromatic hydroxyl groups is 1. The van der Waals surface area contributed by atoms with Gasteiger partial charge in [0.25, 0.3) is 5.91 Å². The van der Waals surface area contributed by atoms with Crippen LogP contribution < -0.4 is 10.6 Å². The van der Waals surface area contributed by atoms with Crippen LogP contribution in [-0.2, 0) is 9.53 Å². The maximum atomic E-state index is 11.9. The van der Waals surface area contributed by atoms with Crippen LogP contribution >= 0.6 is 15.9 Å². The van der Waals surface area contributed by atoms with Crippen LogP contribution in [0.25, 0.3) is 0 Å². The molecular weight excluding hydrogens is 392 g/mol. The van der Waals surface area contributed by atoms with E-state index in [9.17, 15) is 19.5 Å². The quantitative estimate of drug-likeness (QED) is 0.659. The molecule has 2 rings (SSSR count). The minimum Gasteiger partial charge on any atom is -0.507 e. The molecule has 1 aliphatic carbocycles. The molecular formula is C17H21BrN2O5. The van der Waals surface area contributed by atoms with Crippen LogP contribution in [-0.4, -0.2) is 35.7 Å². The molecule has 0 radical (unpaired) electrons. The van der Waals surface area contributed by atoms with Crippen LogP contribution in [0.15, 0.2) is 22.7 Å². The Bertz CT molecular complexity index is 664. The maximum absolute atomic E-state index is 11.9. The normalized spacial score (nSPS) is 19.8. The Kier molecular flexibility index (Phi) is 6.81. The van der Waals surface area contributed by atoms with E-state index >= 15 is 0 Å². The van der Waals surface area contributed by atoms with E-state index in [4.69, 9.17) is 4.74 Å². The Hall–Kier alpha value is -2.09. The highest BCUT2D eigenvalue weighted by atomic mass is 79.9. The van der Waals surface area contributed by atoms with Crippen molar-refractivity contribution in [3.8, 4) is 5.75 Å². The third-order valence-electron chi connectivity index (χ3n) is 4.19. The van der Waals surface area contributed by atoms with E-state index in [0.29, 0.717) is 10.4 Å². The van der Waals surface area contributed by atoms with Crippen LogP contribution in [0.1, 0.15) is 43.0 Å². The summed E-state index contributed by atoms with van der Waals surface area (Å²) in [5, 5.41) is 14.6. The molecule has 2 atom stereocenters. The molecule has 0 spiro atoms. The minimum atomic E-state index is -0.852. The van der Waals surface area contributed by atoms with Crippen molar-refractivity contribution in [3.05, 3.63) is 28.2 Å². The number of benzene rings is 1. The number of phenols is 1. The molecule has 3 N–H and O–H groups in total. The molecule has 1 aliphatic rings. The summed E-state index contributed by atoms with van der Waals surface area (Å²) in [4.78, 5) is 35.5. The average Bonchev–Trinajstić information content (AvgIpc) is 2.57. The van der Waals surface area contributed by atoms with Gasteiger partial charge in [-0.2, -0.15) is 0 Å². The summed E-state index contributed by atoms with van der Waals surface area (Å²) in [5.74, 6) is -1.47. The number of hydrogen-bond donors (Lipinski definition) is 3. The topological polar surface area (TPSA) is 105 Å². The van der Waals surface area contributed by atoms with Gasteiger partial charge >= 0.3 is 12.0 Å². The number of imide groups is 1. The number of urea groups is 1. The zero-order valence-electron chi connectivity index (χ0n) is 13.9. The average molecular weight is 413 g/mol. The molecule has 3 amide bonds. The number of hydrogen-bond acceptors (Lipinski definition) is 5. The number of esters is 1. The lowest BCUT2D eigenvalue weighted by Crippen LogP contribution is -2.48. The highest BCUT2D eigenvalue weighted by molar-refractivity contribution is 9.10. The Morgan fingerprint density at radius 2 is 2.00 bits per heavy atom. The van der Waals surface area contributed by atoms with Crippen molar-refractivity contribution in [2.24, 2.45) is 5.92 Å². The molecule has 1 aromatic carbocycles. The molecule has 0 aromatic heterocycles. The Labute approximate surface area is 154 Å². The zero-order chi connectivity index (χ0) is 18.4. The van der Waals surface area contributed by atoms with Crippen molar-refractivity contribution >= 4 is 33.8 Å². The van der Waals surface area contributed by atoms with E-state index in [2.05, 4.69) is 33.5 Å². The van der Waals surface area contributed by atoms with Crippen LogP contribution in [0.2, 0.25) is 0 Å². The summed E-state index contributed by atoms with van der Waals surface area (Å²) >= 11 is 3.18. The number of nitrogens with one attached hydrogen (secondary N) is 2. The van der Waals surface area contributed by atoms with Gasteiger partial charge in [-0.3, -0.25) is 10.1 Å². The van der Waals surface area contributed by atoms with Gasteiger partial charge in [0.15, 0.2) is 6.61 Å². The second-order valence-corrected chi connectivity index (χ2v) is 7.04. The maximum Gasteiger partial charge on any atom is 0.342 e. The molecule has 7 nitrogen and oxygen atoms in total. The van der Waals surface area contributed by atoms with E-state index < -0.39 is 24.5 Å². The van der Waals surface area contributed by atoms with Gasteiger partial charge in [-0.15, -0.1) is 0 Å². The van der Waals surface area contributed by atoms with Crippen LogP contribution in [0.5, 0.6) is 5.75 Å². The number of amides is 3. The summed E-state index contributed by atoms with van der Waals surface area (Å²) < 4.78 is 5.41. The van der Waals surface area contributed by atoms with Crippen molar-refractivity contribution in [3.63, 3.8) is 0 Å². The molecule has 0 aliphatic heterocycles. The Morgan fingerprint density at radius 1 is 1.28 bits per heavy atom. The second kappa shape index (κ2) is 8.84. The summed E-state index contributed by atoms with van der Waals surface area (Å²) in [5.41, 5.74) is -0.0670. The molecule has 0 saturated heterocycles. The number of phenolic OH excluding ortho intramolecular Hbond substituents is 1. The molecule has 25 heavy (non-hydrogen) atoms. The molecule has 0 heterocycles. The molecule has 2 unspecified atom stereocenters. The van der Waals surface area contributed by atoms with Crippen molar-refractivity contribution in [1.82, 2.24) is 10.6 Å². The lowest BCUT2D eigenvalue weighted by atomic mass is 9.86. The molecule has 1 fully saturated rings. The largest absolute Gasteiger partial charge is 0.507 e. The van der Waals surface area contributed by atoms with Crippen LogP contribution in [0.3, 0.4) is 0 Å². The van der Waals surface area contributed by atoms with Gasteiger partial charge in [0.05, 0.1) is 0 Å². The number of rotatable bonds is 4. The van der Waals surface area contributed by atoms with E-state index in [-0.39, 0.29) is 17.4 Å². The van der Waals surface area contributed by atoms with Gasteiger partial charge in [-0.1, -0.05) is 35.7 Å². The number of carbonyl (C=O) groups excluding carboxylic acids is 3. The molecule has 0 bridgehead atoms. The predicted molar refractivity (Wildman–Crippen MR) is 94.2 cm³/mol. The third kappa shape index (κ3) is 5.74. The van der Waals surface area contributed by atoms with Gasteiger partial charge in [-0.25, -0.2) is 9.59 Å². The first-order valence-corrected chi connectivity index (χ1v) is 8.92. The SMILES string of the molecule is CC1CCCCC1NC(=O)NC(=O)COC(=O)c1cc(Br)ccc1O. The van der Waals surface area contributed by atoms with E-state index in [0.717, 1.165) is 25.7 Å². The fraction of sp³-hybridized carbons (Fsp3) is 0.471. The predicted octanol–water partition coefficient (Wildman–Crippen LogP) is 2.72. The third-order valence-corrected chi connectivity index (χ3v) is 4.69. The van der Waals surface area contributed by atoms with E-state index in [1.807, 2.05) is 0 Å². The van der Waals surface area contributed by atoms with E-state index in [1.54, 1.807) is 6.07 Å². The van der Waals surface area contributed by atoms with Crippen LogP contribution in [0, 0.1) is 5.92 Å². The number of ether oxygens (including phenoxy) is 1. The Morgan fingerprint density at radius 3 is 2.72 bits per heavy atom. The fourth-order valence-corrected chi connectivity index (χ4v) is 3.14. The first-order chi connectivity index (χ1) is 11.9. The number of carbonyl (C=O) groups is 3. The highest BCUT2D eigenvalue weighted by Crippen LogP contribution is 2.24. The summed E-state index contributed by atoms with van der Waals surface area (Å²) in [6.45, 7) is 1.45. The van der Waals surface area contributed by atoms with E-state index in [1.165, 1.54) is 12.1 Å². The first kappa shape index (κ1) is 19.2. The smallest absolute Gasteiger partial charge is 0.342 e. The summed E-state index contributed by atoms with van der Waals surface area (Å²) in [6, 6.07) is 3.73. The standard InChI is InChI=1S/C17H21BrN2O5/c1-10-4-2-3-5-13(10)19-17(24)20-15(22)9-25-16(23)12-8-11(18)6-7-14(12)21/h6-8,10,13,21H,2-5,9H2,1H3,(H2,19,20,22,24). The van der Waals surface area contributed by atoms with Gasteiger partial charge in [0.1, 0.15) is 11.3 Å². The summed E-state index contributed by atoms with van der Waals surface area (Å²) in [7, 11) is 0. The van der Waals surface area contributed by atoms with Gasteiger partial charge in [0, 0.05) is 10.5 Å². The molecule has 136 valence electrons. The molecule has 1 saturated carbocycles.